The number of ether oxygens (including phenoxy) is 1. The Bertz CT molecular complexity index is 438. The first-order valence-electron chi connectivity index (χ1n) is 6.80. The summed E-state index contributed by atoms with van der Waals surface area (Å²) in [7, 11) is 0. The van der Waals surface area contributed by atoms with E-state index in [0.717, 1.165) is 51.4 Å². The summed E-state index contributed by atoms with van der Waals surface area (Å²) >= 11 is 0. The van der Waals surface area contributed by atoms with E-state index in [9.17, 15) is 4.79 Å². The first-order chi connectivity index (χ1) is 9.33. The molecule has 6 nitrogen and oxygen atoms in total. The molecule has 0 unspecified atom stereocenters. The number of morpholine rings is 1. The second kappa shape index (κ2) is 5.52. The van der Waals surface area contributed by atoms with Crippen molar-refractivity contribution >= 4 is 17.5 Å². The molecule has 0 bridgehead atoms. The van der Waals surface area contributed by atoms with Gasteiger partial charge in [0.15, 0.2) is 11.6 Å². The molecule has 2 heterocycles. The van der Waals surface area contributed by atoms with E-state index in [2.05, 4.69) is 20.4 Å². The van der Waals surface area contributed by atoms with Crippen molar-refractivity contribution in [1.29, 1.82) is 0 Å². The molecule has 0 radical (unpaired) electrons. The Morgan fingerprint density at radius 1 is 1.26 bits per heavy atom. The number of anilines is 2. The molecule has 2 fully saturated rings. The Hall–Kier alpha value is -1.69. The van der Waals surface area contributed by atoms with Gasteiger partial charge in [0.1, 0.15) is 0 Å². The average Bonchev–Trinajstić information content (AvgIpc) is 2.38. The van der Waals surface area contributed by atoms with Crippen LogP contribution in [-0.4, -0.2) is 42.4 Å². The van der Waals surface area contributed by atoms with Crippen molar-refractivity contribution in [2.24, 2.45) is 5.92 Å². The van der Waals surface area contributed by atoms with Crippen LogP contribution in [0.1, 0.15) is 19.3 Å². The van der Waals surface area contributed by atoms with Gasteiger partial charge in [-0.25, -0.2) is 0 Å². The predicted octanol–water partition coefficient (Wildman–Crippen LogP) is 1.05. The lowest BCUT2D eigenvalue weighted by molar-refractivity contribution is -0.122. The highest BCUT2D eigenvalue weighted by Gasteiger charge is 2.25. The topological polar surface area (TPSA) is 67.4 Å². The maximum Gasteiger partial charge on any atom is 0.228 e. The lowest BCUT2D eigenvalue weighted by Crippen LogP contribution is -2.37. The molecule has 0 aromatic carbocycles. The molecule has 6 heteroatoms. The number of amides is 1. The number of carbonyl (C=O) groups is 1. The van der Waals surface area contributed by atoms with Gasteiger partial charge >= 0.3 is 0 Å². The summed E-state index contributed by atoms with van der Waals surface area (Å²) in [5, 5.41) is 11.1. The van der Waals surface area contributed by atoms with Crippen LogP contribution < -0.4 is 10.2 Å². The molecule has 1 aliphatic heterocycles. The fraction of sp³-hybridized carbons (Fsp3) is 0.615. The number of nitrogens with zero attached hydrogens (tertiary/aromatic N) is 3. The summed E-state index contributed by atoms with van der Waals surface area (Å²) in [6.45, 7) is 3.12. The van der Waals surface area contributed by atoms with E-state index in [1.54, 1.807) is 0 Å². The molecule has 19 heavy (non-hydrogen) atoms. The minimum atomic E-state index is 0.0691. The van der Waals surface area contributed by atoms with Crippen LogP contribution in [-0.2, 0) is 9.53 Å². The van der Waals surface area contributed by atoms with Crippen LogP contribution in [0.25, 0.3) is 0 Å². The Kier molecular flexibility index (Phi) is 3.59. The van der Waals surface area contributed by atoms with Crippen molar-refractivity contribution in [3.8, 4) is 0 Å². The first-order valence-corrected chi connectivity index (χ1v) is 6.80. The average molecular weight is 262 g/mol. The second-order valence-corrected chi connectivity index (χ2v) is 4.99. The number of hydrogen-bond acceptors (Lipinski definition) is 5. The summed E-state index contributed by atoms with van der Waals surface area (Å²) in [6, 6.07) is 3.71. The number of carbonyl (C=O) groups excluding carboxylic acids is 1. The monoisotopic (exact) mass is 262 g/mol. The largest absolute Gasteiger partial charge is 0.378 e. The van der Waals surface area contributed by atoms with Gasteiger partial charge in [-0.1, -0.05) is 6.42 Å². The van der Waals surface area contributed by atoms with Crippen molar-refractivity contribution in [3.05, 3.63) is 12.1 Å². The fourth-order valence-corrected chi connectivity index (χ4v) is 2.25. The standard InChI is InChI=1S/C13H18N4O2/c18-13(10-2-1-3-10)14-11-4-5-12(16-15-11)17-6-8-19-9-7-17/h4-5,10H,1-3,6-9H2,(H,14,15,18). The Morgan fingerprint density at radius 2 is 2.05 bits per heavy atom. The molecule has 1 aromatic heterocycles. The zero-order chi connectivity index (χ0) is 13.1. The Morgan fingerprint density at radius 3 is 2.63 bits per heavy atom. The van der Waals surface area contributed by atoms with Crippen molar-refractivity contribution in [2.75, 3.05) is 36.5 Å². The molecular weight excluding hydrogens is 244 g/mol. The molecule has 2 aliphatic rings. The van der Waals surface area contributed by atoms with Gasteiger partial charge in [0.2, 0.25) is 5.91 Å². The smallest absolute Gasteiger partial charge is 0.228 e. The highest BCUT2D eigenvalue weighted by atomic mass is 16.5. The van der Waals surface area contributed by atoms with E-state index >= 15 is 0 Å². The van der Waals surface area contributed by atoms with Crippen LogP contribution in [0.2, 0.25) is 0 Å². The molecule has 1 aromatic rings. The molecule has 0 atom stereocenters. The van der Waals surface area contributed by atoms with E-state index in [1.807, 2.05) is 12.1 Å². The molecule has 1 saturated carbocycles. The first kappa shape index (κ1) is 12.3. The Labute approximate surface area is 112 Å². The van der Waals surface area contributed by atoms with Gasteiger partial charge in [0, 0.05) is 19.0 Å². The molecule has 102 valence electrons. The normalized spacial score (nSPS) is 19.9. The van der Waals surface area contributed by atoms with E-state index in [0.29, 0.717) is 5.82 Å². The molecule has 0 spiro atoms. The minimum Gasteiger partial charge on any atom is -0.378 e. The lowest BCUT2D eigenvalue weighted by Gasteiger charge is -2.27. The predicted molar refractivity (Wildman–Crippen MR) is 71.0 cm³/mol. The van der Waals surface area contributed by atoms with Gasteiger partial charge in [-0.3, -0.25) is 4.79 Å². The molecule has 1 aliphatic carbocycles. The van der Waals surface area contributed by atoms with Crippen molar-refractivity contribution < 1.29 is 9.53 Å². The van der Waals surface area contributed by atoms with Crippen LogP contribution >= 0.6 is 0 Å². The van der Waals surface area contributed by atoms with Crippen LogP contribution in [0.4, 0.5) is 11.6 Å². The number of hydrogen-bond donors (Lipinski definition) is 1. The molecule has 3 rings (SSSR count). The zero-order valence-corrected chi connectivity index (χ0v) is 10.8. The highest BCUT2D eigenvalue weighted by Crippen LogP contribution is 2.27. The van der Waals surface area contributed by atoms with E-state index in [1.165, 1.54) is 0 Å². The second-order valence-electron chi connectivity index (χ2n) is 4.99. The number of nitrogens with one attached hydrogen (secondary N) is 1. The zero-order valence-electron chi connectivity index (χ0n) is 10.8. The lowest BCUT2D eigenvalue weighted by atomic mass is 9.85. The van der Waals surface area contributed by atoms with Gasteiger partial charge in [0.25, 0.3) is 0 Å². The maximum atomic E-state index is 11.8. The molecule has 1 amide bonds. The third kappa shape index (κ3) is 2.84. The summed E-state index contributed by atoms with van der Waals surface area (Å²) in [6.07, 6.45) is 3.13. The van der Waals surface area contributed by atoms with Crippen molar-refractivity contribution in [2.45, 2.75) is 19.3 Å². The molecule has 1 N–H and O–H groups in total. The Balaban J connectivity index is 1.59. The van der Waals surface area contributed by atoms with Crippen molar-refractivity contribution in [1.82, 2.24) is 10.2 Å². The maximum absolute atomic E-state index is 11.8. The summed E-state index contributed by atoms with van der Waals surface area (Å²) in [5.74, 6) is 1.61. The number of aromatic nitrogens is 2. The van der Waals surface area contributed by atoms with Gasteiger partial charge in [-0.2, -0.15) is 0 Å². The molecule has 1 saturated heterocycles. The van der Waals surface area contributed by atoms with E-state index in [-0.39, 0.29) is 11.8 Å². The van der Waals surface area contributed by atoms with Gasteiger partial charge in [-0.15, -0.1) is 10.2 Å². The summed E-state index contributed by atoms with van der Waals surface area (Å²) in [4.78, 5) is 13.9. The van der Waals surface area contributed by atoms with Crippen molar-refractivity contribution in [3.63, 3.8) is 0 Å². The summed E-state index contributed by atoms with van der Waals surface area (Å²) in [5.41, 5.74) is 0. The quantitative estimate of drug-likeness (QED) is 0.882. The third-order valence-electron chi connectivity index (χ3n) is 3.71. The minimum absolute atomic E-state index is 0.0691. The van der Waals surface area contributed by atoms with Gasteiger partial charge in [-0.05, 0) is 25.0 Å². The molecular formula is C13H18N4O2. The van der Waals surface area contributed by atoms with E-state index in [4.69, 9.17) is 4.74 Å². The summed E-state index contributed by atoms with van der Waals surface area (Å²) < 4.78 is 5.30. The van der Waals surface area contributed by atoms with E-state index < -0.39 is 0 Å². The van der Waals surface area contributed by atoms with Crippen LogP contribution in [0.5, 0.6) is 0 Å². The van der Waals surface area contributed by atoms with Crippen LogP contribution in [0, 0.1) is 5.92 Å². The highest BCUT2D eigenvalue weighted by molar-refractivity contribution is 5.92. The fourth-order valence-electron chi connectivity index (χ4n) is 2.25. The van der Waals surface area contributed by atoms with Crippen LogP contribution in [0.3, 0.4) is 0 Å². The third-order valence-corrected chi connectivity index (χ3v) is 3.71. The van der Waals surface area contributed by atoms with Gasteiger partial charge < -0.3 is 15.0 Å². The number of rotatable bonds is 3. The van der Waals surface area contributed by atoms with Gasteiger partial charge in [0.05, 0.1) is 13.2 Å². The SMILES string of the molecule is O=C(Nc1ccc(N2CCOCC2)nn1)C1CCC1. The van der Waals surface area contributed by atoms with Crippen LogP contribution in [0.15, 0.2) is 12.1 Å².